The van der Waals surface area contributed by atoms with Gasteiger partial charge in [0.1, 0.15) is 18.8 Å². The smallest absolute Gasteiger partial charge is 0.463 e. The van der Waals surface area contributed by atoms with Crippen LogP contribution in [0, 0.1) is 0 Å². The van der Waals surface area contributed by atoms with E-state index in [9.17, 15) is 37.1 Å². The molecule has 18 heteroatoms. The van der Waals surface area contributed by atoms with Gasteiger partial charge in [-0.05, 0) is 36.1 Å². The Kier molecular flexibility index (Phi) is 15.2. The predicted molar refractivity (Wildman–Crippen MR) is 150 cm³/mol. The third-order valence-corrected chi connectivity index (χ3v) is 6.43. The highest BCUT2D eigenvalue weighted by molar-refractivity contribution is 5.94. The van der Waals surface area contributed by atoms with Crippen molar-refractivity contribution in [3.63, 3.8) is 0 Å². The molecule has 3 unspecified atom stereocenters. The number of hydrogen-bond donors (Lipinski definition) is 2. The fourth-order valence-electron chi connectivity index (χ4n) is 4.39. The topological polar surface area (TPSA) is 204 Å². The first-order valence-corrected chi connectivity index (χ1v) is 14.2. The molecule has 1 aromatic carbocycles. The van der Waals surface area contributed by atoms with Crippen molar-refractivity contribution >= 4 is 29.7 Å². The summed E-state index contributed by atoms with van der Waals surface area (Å²) in [5, 5.41) is 7.95. The minimum absolute atomic E-state index is 0.0665. The maximum Gasteiger partial charge on any atom is 0.471 e. The Morgan fingerprint density at radius 1 is 0.935 bits per heavy atom. The lowest BCUT2D eigenvalue weighted by atomic mass is 9.96. The highest BCUT2D eigenvalue weighted by Crippen LogP contribution is 2.29. The van der Waals surface area contributed by atoms with Gasteiger partial charge < -0.3 is 34.3 Å². The highest BCUT2D eigenvalue weighted by Gasteiger charge is 2.53. The number of hydrogen-bond acceptors (Lipinski definition) is 11. The molecule has 1 aliphatic heterocycles. The molecule has 1 fully saturated rings. The molecule has 15 nitrogen and oxygen atoms in total. The summed E-state index contributed by atoms with van der Waals surface area (Å²) in [7, 11) is 0. The minimum atomic E-state index is -5.32. The number of amides is 2. The third-order valence-electron chi connectivity index (χ3n) is 6.43. The molecule has 1 heterocycles. The van der Waals surface area contributed by atoms with Gasteiger partial charge in [0.05, 0.1) is 6.54 Å². The summed E-state index contributed by atoms with van der Waals surface area (Å²) in [5.41, 5.74) is 9.58. The first-order valence-electron chi connectivity index (χ1n) is 14.2. The zero-order valence-corrected chi connectivity index (χ0v) is 25.4. The number of alkyl halides is 3. The van der Waals surface area contributed by atoms with Gasteiger partial charge in [-0.2, -0.15) is 13.2 Å². The summed E-state index contributed by atoms with van der Waals surface area (Å²) in [4.78, 5) is 62.0. The van der Waals surface area contributed by atoms with Gasteiger partial charge in [0.15, 0.2) is 18.5 Å². The molecule has 1 aromatic rings. The van der Waals surface area contributed by atoms with Gasteiger partial charge in [0.2, 0.25) is 0 Å². The van der Waals surface area contributed by atoms with E-state index in [1.54, 1.807) is 29.6 Å². The highest BCUT2D eigenvalue weighted by atomic mass is 19.4. The number of rotatable bonds is 16. The molecule has 5 atom stereocenters. The van der Waals surface area contributed by atoms with Crippen molar-refractivity contribution in [1.82, 2.24) is 10.6 Å². The number of halogens is 3. The fraction of sp³-hybridized carbons (Fsp3) is 0.607. The Labute approximate surface area is 262 Å². The molecule has 0 bridgehead atoms. The van der Waals surface area contributed by atoms with E-state index in [0.717, 1.165) is 26.3 Å². The van der Waals surface area contributed by atoms with Crippen LogP contribution in [-0.2, 0) is 49.4 Å². The summed E-state index contributed by atoms with van der Waals surface area (Å²) in [6, 6.07) is 4.83. The first-order chi connectivity index (χ1) is 21.7. The molecule has 0 spiro atoms. The SMILES string of the molecule is CC(=O)OCC1O[C@@H](OCCCCCCNC(=O)c2ccc(CN=[N+]=[N-])cc2)C(NC(=O)C(F)(F)F)C(OC(C)=O)[C@@H]1OC(C)=O. The summed E-state index contributed by atoms with van der Waals surface area (Å²) in [6.07, 6.45) is -9.31. The Hall–Kier alpha value is -4.41. The van der Waals surface area contributed by atoms with Crippen LogP contribution in [0.3, 0.4) is 0 Å². The monoisotopic (exact) mass is 659 g/mol. The number of benzene rings is 1. The second-order valence-corrected chi connectivity index (χ2v) is 10.1. The number of ether oxygens (including phenoxy) is 5. The average Bonchev–Trinajstić information content (AvgIpc) is 2.98. The molecular weight excluding hydrogens is 623 g/mol. The molecule has 0 radical (unpaired) electrons. The van der Waals surface area contributed by atoms with Gasteiger partial charge in [0, 0.05) is 44.4 Å². The van der Waals surface area contributed by atoms with Crippen LogP contribution < -0.4 is 10.6 Å². The fourth-order valence-corrected chi connectivity index (χ4v) is 4.39. The standard InChI is InChI=1S/C28H36F3N5O10/c1-16(37)43-15-21-23(44-17(2)38)24(45-18(3)39)22(35-27(41)28(29,30)31)26(46-21)42-13-7-5-4-6-12-33-25(40)20-10-8-19(9-11-20)14-34-36-32/h8-11,21-24,26H,4-7,12-15H2,1-3H3,(H,33,40)(H,35,41)/t21?,22?,23-,24?,26-/m1/s1. The van der Waals surface area contributed by atoms with Crippen molar-refractivity contribution in [3.05, 3.63) is 45.8 Å². The van der Waals surface area contributed by atoms with E-state index in [0.29, 0.717) is 37.8 Å². The molecule has 0 saturated carbocycles. The molecule has 1 aliphatic rings. The summed E-state index contributed by atoms with van der Waals surface area (Å²) < 4.78 is 66.3. The molecule has 2 N–H and O–H groups in total. The average molecular weight is 660 g/mol. The van der Waals surface area contributed by atoms with Crippen LogP contribution in [0.5, 0.6) is 0 Å². The lowest BCUT2D eigenvalue weighted by Gasteiger charge is -2.45. The maximum atomic E-state index is 13.2. The van der Waals surface area contributed by atoms with Crippen molar-refractivity contribution in [2.45, 2.75) is 89.8 Å². The molecule has 0 aliphatic carbocycles. The van der Waals surface area contributed by atoms with Gasteiger partial charge in [-0.25, -0.2) is 0 Å². The van der Waals surface area contributed by atoms with Crippen molar-refractivity contribution in [1.29, 1.82) is 0 Å². The number of azide groups is 1. The van der Waals surface area contributed by atoms with Crippen LogP contribution in [0.1, 0.15) is 62.4 Å². The third kappa shape index (κ3) is 12.9. The van der Waals surface area contributed by atoms with E-state index in [2.05, 4.69) is 15.3 Å². The Morgan fingerprint density at radius 3 is 2.15 bits per heavy atom. The van der Waals surface area contributed by atoms with E-state index in [1.165, 1.54) is 0 Å². The molecule has 254 valence electrons. The van der Waals surface area contributed by atoms with E-state index >= 15 is 0 Å². The van der Waals surface area contributed by atoms with Gasteiger partial charge in [-0.3, -0.25) is 24.0 Å². The molecule has 2 rings (SSSR count). The van der Waals surface area contributed by atoms with Crippen LogP contribution in [0.2, 0.25) is 0 Å². The molecular formula is C28H36F3N5O10. The maximum absolute atomic E-state index is 13.2. The van der Waals surface area contributed by atoms with E-state index < -0.39 is 67.2 Å². The minimum Gasteiger partial charge on any atom is -0.463 e. The molecule has 0 aromatic heterocycles. The summed E-state index contributed by atoms with van der Waals surface area (Å²) >= 11 is 0. The first kappa shape index (κ1) is 37.8. The number of carbonyl (C=O) groups excluding carboxylic acids is 5. The second-order valence-electron chi connectivity index (χ2n) is 10.1. The van der Waals surface area contributed by atoms with E-state index in [1.807, 2.05) is 0 Å². The lowest BCUT2D eigenvalue weighted by Crippen LogP contribution is -2.67. The van der Waals surface area contributed by atoms with Crippen LogP contribution in [-0.4, -0.2) is 86.3 Å². The molecule has 46 heavy (non-hydrogen) atoms. The summed E-state index contributed by atoms with van der Waals surface area (Å²) in [5.74, 6) is -5.27. The van der Waals surface area contributed by atoms with Crippen LogP contribution in [0.25, 0.3) is 10.4 Å². The van der Waals surface area contributed by atoms with Crippen LogP contribution >= 0.6 is 0 Å². The predicted octanol–water partition coefficient (Wildman–Crippen LogP) is 3.00. The Balaban J connectivity index is 1.99. The number of nitrogens with one attached hydrogen (secondary N) is 2. The van der Waals surface area contributed by atoms with Crippen LogP contribution in [0.15, 0.2) is 29.4 Å². The summed E-state index contributed by atoms with van der Waals surface area (Å²) in [6.45, 7) is 3.00. The van der Waals surface area contributed by atoms with Gasteiger partial charge >= 0.3 is 30.0 Å². The number of nitrogens with zero attached hydrogens (tertiary/aromatic N) is 3. The van der Waals surface area contributed by atoms with Crippen molar-refractivity contribution in [2.24, 2.45) is 5.11 Å². The van der Waals surface area contributed by atoms with E-state index in [-0.39, 0.29) is 19.1 Å². The Morgan fingerprint density at radius 2 is 1.57 bits per heavy atom. The van der Waals surface area contributed by atoms with E-state index in [4.69, 9.17) is 29.2 Å². The molecule has 1 saturated heterocycles. The normalized spacial score (nSPS) is 20.9. The second kappa shape index (κ2) is 18.5. The van der Waals surface area contributed by atoms with Crippen molar-refractivity contribution < 1.29 is 60.8 Å². The Bertz CT molecular complexity index is 1260. The number of esters is 3. The zero-order valence-electron chi connectivity index (χ0n) is 25.4. The number of carbonyl (C=O) groups is 5. The molecule has 2 amide bonds. The van der Waals surface area contributed by atoms with Gasteiger partial charge in [0.25, 0.3) is 5.91 Å². The van der Waals surface area contributed by atoms with Crippen LogP contribution in [0.4, 0.5) is 13.2 Å². The zero-order chi connectivity index (χ0) is 34.3. The van der Waals surface area contributed by atoms with Gasteiger partial charge in [-0.1, -0.05) is 30.1 Å². The largest absolute Gasteiger partial charge is 0.471 e. The van der Waals surface area contributed by atoms with Crippen molar-refractivity contribution in [3.8, 4) is 0 Å². The van der Waals surface area contributed by atoms with Crippen molar-refractivity contribution in [2.75, 3.05) is 19.8 Å². The lowest BCUT2D eigenvalue weighted by molar-refractivity contribution is -0.279. The number of unbranched alkanes of at least 4 members (excludes halogenated alkanes) is 3. The van der Waals surface area contributed by atoms with Gasteiger partial charge in [-0.15, -0.1) is 0 Å². The quantitative estimate of drug-likeness (QED) is 0.0663.